The number of hydrogen-bond donors (Lipinski definition) is 2. The highest BCUT2D eigenvalue weighted by molar-refractivity contribution is 5.84. The molecular formula is C18H21N5O. The molecule has 0 unspecified atom stereocenters. The second-order valence-corrected chi connectivity index (χ2v) is 6.50. The molecule has 6 heteroatoms. The van der Waals surface area contributed by atoms with Gasteiger partial charge in [0.25, 0.3) is 5.56 Å². The Morgan fingerprint density at radius 3 is 3.12 bits per heavy atom. The van der Waals surface area contributed by atoms with E-state index in [4.69, 9.17) is 0 Å². The number of aryl methyl sites for hydroxylation is 1. The minimum atomic E-state index is -0.0393. The standard InChI is InChI=1S/C18H21N5O/c1-22-10-13(9-20-22)11-23-7-5-16(12-23)21-15-2-3-17-14(8-15)4-6-19-18(17)24/h2-4,6,8-10,16,21H,5,7,11-12H2,1H3,(H,19,24)/t16-/m0/s1. The largest absolute Gasteiger partial charge is 0.381 e. The van der Waals surface area contributed by atoms with Gasteiger partial charge in [0.05, 0.1) is 6.20 Å². The van der Waals surface area contributed by atoms with Gasteiger partial charge in [-0.15, -0.1) is 0 Å². The molecule has 6 nitrogen and oxygen atoms in total. The number of anilines is 1. The highest BCUT2D eigenvalue weighted by Crippen LogP contribution is 2.20. The zero-order valence-corrected chi connectivity index (χ0v) is 13.7. The Balaban J connectivity index is 1.42. The normalized spacial score (nSPS) is 18.3. The molecule has 3 aromatic rings. The average Bonchev–Trinajstić information content (AvgIpc) is 3.17. The van der Waals surface area contributed by atoms with Crippen LogP contribution in [0.3, 0.4) is 0 Å². The van der Waals surface area contributed by atoms with Crippen molar-refractivity contribution in [3.05, 3.63) is 58.8 Å². The average molecular weight is 323 g/mol. The zero-order valence-electron chi connectivity index (χ0n) is 13.7. The van der Waals surface area contributed by atoms with Crippen LogP contribution in [0.2, 0.25) is 0 Å². The van der Waals surface area contributed by atoms with E-state index in [1.54, 1.807) is 6.20 Å². The Labute approximate surface area is 140 Å². The predicted molar refractivity (Wildman–Crippen MR) is 95.1 cm³/mol. The van der Waals surface area contributed by atoms with Gasteiger partial charge in [-0.1, -0.05) is 0 Å². The summed E-state index contributed by atoms with van der Waals surface area (Å²) >= 11 is 0. The third kappa shape index (κ3) is 3.05. The number of rotatable bonds is 4. The van der Waals surface area contributed by atoms with Crippen LogP contribution in [0.15, 0.2) is 47.7 Å². The van der Waals surface area contributed by atoms with E-state index in [0.29, 0.717) is 6.04 Å². The number of fused-ring (bicyclic) bond motifs is 1. The molecule has 0 aliphatic carbocycles. The number of nitrogens with one attached hydrogen (secondary N) is 2. The summed E-state index contributed by atoms with van der Waals surface area (Å²) in [5, 5.41) is 9.52. The van der Waals surface area contributed by atoms with Crippen LogP contribution in [-0.4, -0.2) is 38.8 Å². The van der Waals surface area contributed by atoms with E-state index in [0.717, 1.165) is 42.5 Å². The molecule has 124 valence electrons. The number of benzene rings is 1. The van der Waals surface area contributed by atoms with Crippen molar-refractivity contribution in [3.63, 3.8) is 0 Å². The van der Waals surface area contributed by atoms with Crippen molar-refractivity contribution >= 4 is 16.5 Å². The SMILES string of the molecule is Cn1cc(CN2CC[C@H](Nc3ccc4c(=O)[nH]ccc4c3)C2)cn1. The van der Waals surface area contributed by atoms with Gasteiger partial charge in [-0.05, 0) is 36.1 Å². The first kappa shape index (κ1) is 15.0. The van der Waals surface area contributed by atoms with Crippen LogP contribution in [-0.2, 0) is 13.6 Å². The molecule has 0 bridgehead atoms. The lowest BCUT2D eigenvalue weighted by atomic mass is 10.1. The van der Waals surface area contributed by atoms with Crippen LogP contribution < -0.4 is 10.9 Å². The van der Waals surface area contributed by atoms with Gasteiger partial charge in [0.1, 0.15) is 0 Å². The van der Waals surface area contributed by atoms with Gasteiger partial charge in [-0.25, -0.2) is 0 Å². The summed E-state index contributed by atoms with van der Waals surface area (Å²) in [6.07, 6.45) is 6.82. The Hall–Kier alpha value is -2.60. The predicted octanol–water partition coefficient (Wildman–Crippen LogP) is 1.95. The number of aromatic nitrogens is 3. The van der Waals surface area contributed by atoms with E-state index in [1.165, 1.54) is 5.56 Å². The summed E-state index contributed by atoms with van der Waals surface area (Å²) in [5.74, 6) is 0. The molecule has 1 fully saturated rings. The van der Waals surface area contributed by atoms with Crippen molar-refractivity contribution in [1.29, 1.82) is 0 Å². The molecule has 2 N–H and O–H groups in total. The maximum atomic E-state index is 11.8. The summed E-state index contributed by atoms with van der Waals surface area (Å²) in [5.41, 5.74) is 2.28. The zero-order chi connectivity index (χ0) is 16.5. The van der Waals surface area contributed by atoms with Gasteiger partial charge in [-0.2, -0.15) is 5.10 Å². The summed E-state index contributed by atoms with van der Waals surface area (Å²) in [4.78, 5) is 16.9. The molecule has 1 aromatic carbocycles. The van der Waals surface area contributed by atoms with E-state index in [2.05, 4.69) is 26.5 Å². The first-order chi connectivity index (χ1) is 11.7. The molecule has 1 aliphatic heterocycles. The number of hydrogen-bond acceptors (Lipinski definition) is 4. The fourth-order valence-electron chi connectivity index (χ4n) is 3.42. The molecule has 0 radical (unpaired) electrons. The van der Waals surface area contributed by atoms with E-state index >= 15 is 0 Å². The topological polar surface area (TPSA) is 65.9 Å². The Morgan fingerprint density at radius 2 is 2.29 bits per heavy atom. The smallest absolute Gasteiger partial charge is 0.255 e. The van der Waals surface area contributed by atoms with Crippen molar-refractivity contribution in [2.75, 3.05) is 18.4 Å². The fraction of sp³-hybridized carbons (Fsp3) is 0.333. The third-order valence-electron chi connectivity index (χ3n) is 4.58. The number of aromatic amines is 1. The van der Waals surface area contributed by atoms with E-state index in [-0.39, 0.29) is 5.56 Å². The molecule has 0 amide bonds. The van der Waals surface area contributed by atoms with Crippen molar-refractivity contribution in [2.45, 2.75) is 19.0 Å². The summed E-state index contributed by atoms with van der Waals surface area (Å²) in [6, 6.07) is 8.29. The molecule has 3 heterocycles. The maximum Gasteiger partial charge on any atom is 0.255 e. The van der Waals surface area contributed by atoms with Crippen LogP contribution in [0.1, 0.15) is 12.0 Å². The van der Waals surface area contributed by atoms with E-state index in [9.17, 15) is 4.79 Å². The highest BCUT2D eigenvalue weighted by atomic mass is 16.1. The Kier molecular flexibility index (Phi) is 3.82. The summed E-state index contributed by atoms with van der Waals surface area (Å²) < 4.78 is 1.85. The monoisotopic (exact) mass is 323 g/mol. The van der Waals surface area contributed by atoms with E-state index < -0.39 is 0 Å². The van der Waals surface area contributed by atoms with Crippen LogP contribution in [0, 0.1) is 0 Å². The molecule has 24 heavy (non-hydrogen) atoms. The Morgan fingerprint density at radius 1 is 1.38 bits per heavy atom. The molecule has 0 spiro atoms. The minimum absolute atomic E-state index is 0.0393. The van der Waals surface area contributed by atoms with Crippen molar-refractivity contribution in [2.24, 2.45) is 7.05 Å². The minimum Gasteiger partial charge on any atom is -0.381 e. The number of H-pyrrole nitrogens is 1. The number of pyridine rings is 1. The molecular weight excluding hydrogens is 302 g/mol. The summed E-state index contributed by atoms with van der Waals surface area (Å²) in [7, 11) is 1.95. The second kappa shape index (κ2) is 6.13. The lowest BCUT2D eigenvalue weighted by Gasteiger charge is -2.17. The van der Waals surface area contributed by atoms with Gasteiger partial charge in [0.2, 0.25) is 0 Å². The first-order valence-electron chi connectivity index (χ1n) is 8.25. The van der Waals surface area contributed by atoms with Crippen molar-refractivity contribution < 1.29 is 0 Å². The van der Waals surface area contributed by atoms with Crippen LogP contribution in [0.25, 0.3) is 10.8 Å². The van der Waals surface area contributed by atoms with Gasteiger partial charge in [0, 0.05) is 61.8 Å². The quantitative estimate of drug-likeness (QED) is 0.770. The fourth-order valence-corrected chi connectivity index (χ4v) is 3.42. The van der Waals surface area contributed by atoms with Crippen LogP contribution in [0.4, 0.5) is 5.69 Å². The molecule has 2 aromatic heterocycles. The molecule has 1 atom stereocenters. The van der Waals surface area contributed by atoms with Gasteiger partial charge in [-0.3, -0.25) is 14.4 Å². The van der Waals surface area contributed by atoms with Crippen LogP contribution in [0.5, 0.6) is 0 Å². The van der Waals surface area contributed by atoms with E-state index in [1.807, 2.05) is 42.2 Å². The van der Waals surface area contributed by atoms with Crippen LogP contribution >= 0.6 is 0 Å². The highest BCUT2D eigenvalue weighted by Gasteiger charge is 2.22. The lowest BCUT2D eigenvalue weighted by molar-refractivity contribution is 0.328. The maximum absolute atomic E-state index is 11.8. The molecule has 0 saturated carbocycles. The molecule has 1 aliphatic rings. The summed E-state index contributed by atoms with van der Waals surface area (Å²) in [6.45, 7) is 3.04. The lowest BCUT2D eigenvalue weighted by Crippen LogP contribution is -2.25. The molecule has 4 rings (SSSR count). The third-order valence-corrected chi connectivity index (χ3v) is 4.58. The van der Waals surface area contributed by atoms with Crippen molar-refractivity contribution in [3.8, 4) is 0 Å². The number of nitrogens with zero attached hydrogens (tertiary/aromatic N) is 3. The Bertz CT molecular complexity index is 913. The van der Waals surface area contributed by atoms with Crippen molar-refractivity contribution in [1.82, 2.24) is 19.7 Å². The number of likely N-dealkylation sites (tertiary alicyclic amines) is 1. The van der Waals surface area contributed by atoms with Gasteiger partial charge < -0.3 is 10.3 Å². The van der Waals surface area contributed by atoms with Gasteiger partial charge >= 0.3 is 0 Å². The first-order valence-corrected chi connectivity index (χ1v) is 8.25. The second-order valence-electron chi connectivity index (χ2n) is 6.50. The van der Waals surface area contributed by atoms with Gasteiger partial charge in [0.15, 0.2) is 0 Å². The molecule has 1 saturated heterocycles.